The van der Waals surface area contributed by atoms with Gasteiger partial charge in [-0.1, -0.05) is 76.7 Å². The van der Waals surface area contributed by atoms with Crippen LogP contribution in [0.1, 0.15) is 90.9 Å². The maximum atomic E-state index is 12.8. The van der Waals surface area contributed by atoms with E-state index in [4.69, 9.17) is 18.9 Å². The van der Waals surface area contributed by atoms with Crippen molar-refractivity contribution in [3.63, 3.8) is 0 Å². The second-order valence-corrected chi connectivity index (χ2v) is 12.6. The first kappa shape index (κ1) is 42.6. The smallest absolute Gasteiger partial charge is 0.220 e. The zero-order chi connectivity index (χ0) is 35.5. The van der Waals surface area contributed by atoms with Gasteiger partial charge >= 0.3 is 0 Å². The van der Waals surface area contributed by atoms with Crippen molar-refractivity contribution < 1.29 is 64.6 Å². The predicted octanol–water partition coefficient (Wildman–Crippen LogP) is 0.306. The van der Waals surface area contributed by atoms with Crippen molar-refractivity contribution in [2.24, 2.45) is 0 Å². The Labute approximate surface area is 284 Å². The van der Waals surface area contributed by atoms with Crippen molar-refractivity contribution in [3.8, 4) is 0 Å². The van der Waals surface area contributed by atoms with Crippen LogP contribution < -0.4 is 5.32 Å². The molecule has 1 amide bonds. The number of aliphatic hydroxyl groups excluding tert-OH is 8. The predicted molar refractivity (Wildman–Crippen MR) is 175 cm³/mol. The second-order valence-electron chi connectivity index (χ2n) is 12.6. The molecule has 0 radical (unpaired) electrons. The zero-order valence-electron chi connectivity index (χ0n) is 28.5. The highest BCUT2D eigenvalue weighted by Gasteiger charge is 2.50. The number of amides is 1. The molecular weight excluding hydrogens is 630 g/mol. The van der Waals surface area contributed by atoms with Gasteiger partial charge < -0.3 is 65.1 Å². The molecule has 14 nitrogen and oxygen atoms in total. The summed E-state index contributed by atoms with van der Waals surface area (Å²) in [6, 6.07) is -0.909. The summed E-state index contributed by atoms with van der Waals surface area (Å²) in [6.45, 7) is 2.44. The Kier molecular flexibility index (Phi) is 21.1. The first-order chi connectivity index (χ1) is 23.1. The molecule has 0 aliphatic carbocycles. The molecule has 0 aromatic rings. The molecule has 2 aliphatic heterocycles. The Morgan fingerprint density at radius 3 is 2.02 bits per heavy atom. The lowest BCUT2D eigenvalue weighted by Crippen LogP contribution is -2.65. The van der Waals surface area contributed by atoms with Crippen LogP contribution in [0.15, 0.2) is 24.3 Å². The average molecular weight is 692 g/mol. The Morgan fingerprint density at radius 2 is 1.35 bits per heavy atom. The minimum Gasteiger partial charge on any atom is -0.394 e. The molecular formula is C34H61NO13. The fourth-order valence-electron chi connectivity index (χ4n) is 5.57. The molecule has 2 fully saturated rings. The molecule has 0 spiro atoms. The van der Waals surface area contributed by atoms with Crippen LogP contribution in [-0.2, 0) is 23.7 Å². The Morgan fingerprint density at radius 1 is 0.729 bits per heavy atom. The van der Waals surface area contributed by atoms with Crippen LogP contribution in [0.5, 0.6) is 0 Å². The van der Waals surface area contributed by atoms with Crippen LogP contribution in [0.4, 0.5) is 0 Å². The molecule has 14 heteroatoms. The molecule has 2 rings (SSSR count). The van der Waals surface area contributed by atoms with Crippen LogP contribution in [0.3, 0.4) is 0 Å². The van der Waals surface area contributed by atoms with E-state index in [0.717, 1.165) is 51.4 Å². The SMILES string of the molecule is CCC/C=C/C(O)C(COC1OC(CO)C(OC2OC(CO)C(O)C(O)C2O)C(O)C1O)NC(=O)CCCCCCC/C=C\CCCC. The highest BCUT2D eigenvalue weighted by atomic mass is 16.7. The first-order valence-corrected chi connectivity index (χ1v) is 17.6. The number of hydrogen-bond acceptors (Lipinski definition) is 13. The van der Waals surface area contributed by atoms with E-state index in [9.17, 15) is 45.6 Å². The van der Waals surface area contributed by atoms with E-state index in [2.05, 4.69) is 24.4 Å². The molecule has 12 unspecified atom stereocenters. The Balaban J connectivity index is 1.92. The number of allylic oxidation sites excluding steroid dienone is 3. The maximum Gasteiger partial charge on any atom is 0.220 e. The lowest BCUT2D eigenvalue weighted by atomic mass is 9.97. The Hall–Kier alpha value is -1.53. The number of carbonyl (C=O) groups excluding carboxylic acids is 1. The number of carbonyl (C=O) groups is 1. The third-order valence-electron chi connectivity index (χ3n) is 8.61. The van der Waals surface area contributed by atoms with Gasteiger partial charge in [-0.25, -0.2) is 0 Å². The van der Waals surface area contributed by atoms with Gasteiger partial charge in [-0.15, -0.1) is 0 Å². The van der Waals surface area contributed by atoms with Gasteiger partial charge in [0, 0.05) is 6.42 Å². The maximum absolute atomic E-state index is 12.8. The highest BCUT2D eigenvalue weighted by molar-refractivity contribution is 5.76. The molecule has 12 atom stereocenters. The van der Waals surface area contributed by atoms with Crippen molar-refractivity contribution in [2.45, 2.75) is 164 Å². The average Bonchev–Trinajstić information content (AvgIpc) is 3.08. The number of nitrogens with one attached hydrogen (secondary N) is 1. The molecule has 9 N–H and O–H groups in total. The zero-order valence-corrected chi connectivity index (χ0v) is 28.5. The number of unbranched alkanes of at least 4 members (excludes halogenated alkanes) is 8. The lowest BCUT2D eigenvalue weighted by molar-refractivity contribution is -0.359. The van der Waals surface area contributed by atoms with Crippen molar-refractivity contribution in [3.05, 3.63) is 24.3 Å². The van der Waals surface area contributed by atoms with Crippen LogP contribution >= 0.6 is 0 Å². The lowest BCUT2D eigenvalue weighted by Gasteiger charge is -2.46. The number of aliphatic hydroxyl groups is 8. The van der Waals surface area contributed by atoms with Gasteiger partial charge in [-0.2, -0.15) is 0 Å². The molecule has 0 bridgehead atoms. The summed E-state index contributed by atoms with van der Waals surface area (Å²) < 4.78 is 22.3. The second kappa shape index (κ2) is 23.8. The number of hydrogen-bond donors (Lipinski definition) is 9. The van der Waals surface area contributed by atoms with Crippen molar-refractivity contribution in [1.82, 2.24) is 5.32 Å². The van der Waals surface area contributed by atoms with Crippen molar-refractivity contribution in [2.75, 3.05) is 19.8 Å². The van der Waals surface area contributed by atoms with Gasteiger partial charge in [0.15, 0.2) is 12.6 Å². The molecule has 280 valence electrons. The standard InChI is InChI=1S/C34H61NO13/c1-3-5-7-8-9-10-11-12-13-14-16-18-26(39)35-22(23(38)17-15-6-4-2)21-45-33-31(44)29(42)32(25(20-37)47-33)48-34-30(43)28(41)27(40)24(19-36)46-34/h8-9,15,17,22-25,27-34,36-38,40-44H,3-7,10-14,16,18-21H2,1-2H3,(H,35,39)/b9-8-,17-15+. The van der Waals surface area contributed by atoms with E-state index in [-0.39, 0.29) is 18.9 Å². The molecule has 2 saturated heterocycles. The summed E-state index contributed by atoms with van der Waals surface area (Å²) in [5.41, 5.74) is 0. The van der Waals surface area contributed by atoms with Gasteiger partial charge in [0.2, 0.25) is 5.91 Å². The van der Waals surface area contributed by atoms with E-state index in [1.807, 2.05) is 6.92 Å². The molecule has 2 heterocycles. The van der Waals surface area contributed by atoms with E-state index >= 15 is 0 Å². The molecule has 2 aliphatic rings. The van der Waals surface area contributed by atoms with Crippen LogP contribution in [0.2, 0.25) is 0 Å². The summed E-state index contributed by atoms with van der Waals surface area (Å²) >= 11 is 0. The van der Waals surface area contributed by atoms with Gasteiger partial charge in [-0.3, -0.25) is 4.79 Å². The summed E-state index contributed by atoms with van der Waals surface area (Å²) in [7, 11) is 0. The number of ether oxygens (including phenoxy) is 4. The van der Waals surface area contributed by atoms with Crippen LogP contribution in [0.25, 0.3) is 0 Å². The normalized spacial score (nSPS) is 32.5. The molecule has 0 aromatic heterocycles. The van der Waals surface area contributed by atoms with Crippen molar-refractivity contribution in [1.29, 1.82) is 0 Å². The first-order valence-electron chi connectivity index (χ1n) is 17.6. The molecule has 0 saturated carbocycles. The topological polar surface area (TPSA) is 228 Å². The van der Waals surface area contributed by atoms with Gasteiger partial charge in [-0.05, 0) is 32.1 Å². The summed E-state index contributed by atoms with van der Waals surface area (Å²) in [6.07, 6.45) is 2.16. The minimum absolute atomic E-state index is 0.267. The van der Waals surface area contributed by atoms with Gasteiger partial charge in [0.1, 0.15) is 48.8 Å². The highest BCUT2D eigenvalue weighted by Crippen LogP contribution is 2.29. The quantitative estimate of drug-likeness (QED) is 0.0520. The molecule has 0 aromatic carbocycles. The fraction of sp³-hybridized carbons (Fsp3) is 0.853. The number of rotatable bonds is 23. The van der Waals surface area contributed by atoms with Gasteiger partial charge in [0.25, 0.3) is 0 Å². The minimum atomic E-state index is -1.78. The van der Waals surface area contributed by atoms with Crippen molar-refractivity contribution >= 4 is 5.91 Å². The molecule has 48 heavy (non-hydrogen) atoms. The van der Waals surface area contributed by atoms with E-state index in [0.29, 0.717) is 6.42 Å². The van der Waals surface area contributed by atoms with E-state index in [1.165, 1.54) is 12.8 Å². The monoisotopic (exact) mass is 691 g/mol. The van der Waals surface area contributed by atoms with Crippen LogP contribution in [0, 0.1) is 0 Å². The van der Waals surface area contributed by atoms with Crippen LogP contribution in [-0.4, -0.2) is 140 Å². The summed E-state index contributed by atoms with van der Waals surface area (Å²) in [4.78, 5) is 12.8. The fourth-order valence-corrected chi connectivity index (χ4v) is 5.57. The third-order valence-corrected chi connectivity index (χ3v) is 8.61. The van der Waals surface area contributed by atoms with E-state index < -0.39 is 86.8 Å². The van der Waals surface area contributed by atoms with Gasteiger partial charge in [0.05, 0.1) is 32.0 Å². The summed E-state index contributed by atoms with van der Waals surface area (Å²) in [5.74, 6) is -0.267. The largest absolute Gasteiger partial charge is 0.394 e. The summed E-state index contributed by atoms with van der Waals surface area (Å²) in [5, 5.41) is 85.2. The van der Waals surface area contributed by atoms with E-state index in [1.54, 1.807) is 12.2 Å². The Bertz CT molecular complexity index is 919. The third kappa shape index (κ3) is 14.0.